The lowest BCUT2D eigenvalue weighted by atomic mass is 10.0. The summed E-state index contributed by atoms with van der Waals surface area (Å²) in [6, 6.07) is 5.32. The van der Waals surface area contributed by atoms with Gasteiger partial charge in [0.25, 0.3) is 0 Å². The normalized spacial score (nSPS) is 10.8. The Hall–Kier alpha value is -1.85. The third-order valence-corrected chi connectivity index (χ3v) is 3.25. The third kappa shape index (κ3) is 2.84. The molecule has 2 rings (SSSR count). The fraction of sp³-hybridized carbons (Fsp3) is 0.286. The minimum Gasteiger partial charge on any atom is -0.398 e. The van der Waals surface area contributed by atoms with Gasteiger partial charge >= 0.3 is 0 Å². The van der Waals surface area contributed by atoms with Crippen LogP contribution in [0.4, 0.5) is 5.69 Å². The molecule has 1 aromatic carbocycles. The molecule has 106 valence electrons. The van der Waals surface area contributed by atoms with Crippen molar-refractivity contribution in [3.63, 3.8) is 0 Å². The van der Waals surface area contributed by atoms with Crippen molar-refractivity contribution in [2.45, 2.75) is 13.5 Å². The third-order valence-electron chi connectivity index (χ3n) is 2.97. The van der Waals surface area contributed by atoms with Crippen LogP contribution in [0.2, 0.25) is 5.02 Å². The molecular formula is C14H16ClN3O2. The van der Waals surface area contributed by atoms with E-state index in [9.17, 15) is 4.79 Å². The largest absolute Gasteiger partial charge is 0.398 e. The SMILES string of the molecule is COCCn1ncc(Cl)c1C(=O)c1cc(C)ccc1N. The smallest absolute Gasteiger partial charge is 0.214 e. The Morgan fingerprint density at radius 1 is 1.50 bits per heavy atom. The summed E-state index contributed by atoms with van der Waals surface area (Å²) in [5.41, 5.74) is 8.04. The van der Waals surface area contributed by atoms with Crippen LogP contribution in [-0.2, 0) is 11.3 Å². The number of ether oxygens (including phenoxy) is 1. The highest BCUT2D eigenvalue weighted by atomic mass is 35.5. The van der Waals surface area contributed by atoms with E-state index in [0.717, 1.165) is 5.56 Å². The Morgan fingerprint density at radius 3 is 2.95 bits per heavy atom. The molecule has 0 aliphatic carbocycles. The minimum atomic E-state index is -0.232. The molecule has 0 unspecified atom stereocenters. The van der Waals surface area contributed by atoms with Gasteiger partial charge in [-0.25, -0.2) is 0 Å². The Labute approximate surface area is 122 Å². The fourth-order valence-corrected chi connectivity index (χ4v) is 2.16. The number of benzene rings is 1. The highest BCUT2D eigenvalue weighted by Crippen LogP contribution is 2.23. The zero-order valence-electron chi connectivity index (χ0n) is 11.4. The number of ketones is 1. The number of aromatic nitrogens is 2. The molecule has 0 saturated heterocycles. The van der Waals surface area contributed by atoms with Crippen LogP contribution in [0, 0.1) is 6.92 Å². The van der Waals surface area contributed by atoms with Gasteiger partial charge in [0.15, 0.2) is 0 Å². The van der Waals surface area contributed by atoms with Gasteiger partial charge in [-0.1, -0.05) is 23.2 Å². The van der Waals surface area contributed by atoms with E-state index in [2.05, 4.69) is 5.10 Å². The lowest BCUT2D eigenvalue weighted by Gasteiger charge is -2.09. The van der Waals surface area contributed by atoms with Gasteiger partial charge in [0, 0.05) is 18.4 Å². The molecule has 1 aromatic heterocycles. The molecule has 0 aliphatic heterocycles. The Balaban J connectivity index is 2.42. The molecule has 0 saturated carbocycles. The predicted molar refractivity (Wildman–Crippen MR) is 78.1 cm³/mol. The first-order chi connectivity index (χ1) is 9.54. The molecular weight excluding hydrogens is 278 g/mol. The van der Waals surface area contributed by atoms with Crippen molar-refractivity contribution in [1.29, 1.82) is 0 Å². The van der Waals surface area contributed by atoms with Crippen LogP contribution in [0.25, 0.3) is 0 Å². The molecule has 0 aliphatic rings. The predicted octanol–water partition coefficient (Wildman–Crippen LogP) is 2.30. The van der Waals surface area contributed by atoms with E-state index in [-0.39, 0.29) is 5.78 Å². The van der Waals surface area contributed by atoms with Gasteiger partial charge in [-0.2, -0.15) is 5.10 Å². The number of halogens is 1. The van der Waals surface area contributed by atoms with Crippen molar-refractivity contribution in [1.82, 2.24) is 9.78 Å². The summed E-state index contributed by atoms with van der Waals surface area (Å²) >= 11 is 6.07. The molecule has 0 atom stereocenters. The summed E-state index contributed by atoms with van der Waals surface area (Å²) in [5.74, 6) is -0.232. The number of carbonyl (C=O) groups is 1. The van der Waals surface area contributed by atoms with Crippen molar-refractivity contribution in [2.24, 2.45) is 0 Å². The molecule has 20 heavy (non-hydrogen) atoms. The minimum absolute atomic E-state index is 0.232. The molecule has 0 radical (unpaired) electrons. The van der Waals surface area contributed by atoms with Gasteiger partial charge in [0.1, 0.15) is 5.69 Å². The van der Waals surface area contributed by atoms with Crippen LogP contribution in [0.5, 0.6) is 0 Å². The summed E-state index contributed by atoms with van der Waals surface area (Å²) in [4.78, 5) is 12.6. The number of carbonyl (C=O) groups excluding carboxylic acids is 1. The molecule has 5 nitrogen and oxygen atoms in total. The van der Waals surface area contributed by atoms with Gasteiger partial charge in [0.2, 0.25) is 5.78 Å². The second-order valence-electron chi connectivity index (χ2n) is 4.48. The Kier molecular flexibility index (Phi) is 4.42. The van der Waals surface area contributed by atoms with E-state index in [1.807, 2.05) is 13.0 Å². The topological polar surface area (TPSA) is 70.1 Å². The zero-order chi connectivity index (χ0) is 14.7. The van der Waals surface area contributed by atoms with E-state index < -0.39 is 0 Å². The van der Waals surface area contributed by atoms with E-state index >= 15 is 0 Å². The molecule has 1 heterocycles. The van der Waals surface area contributed by atoms with Crippen LogP contribution < -0.4 is 5.73 Å². The summed E-state index contributed by atoms with van der Waals surface area (Å²) < 4.78 is 6.54. The monoisotopic (exact) mass is 293 g/mol. The van der Waals surface area contributed by atoms with Crippen molar-refractivity contribution in [3.05, 3.63) is 46.2 Å². The summed E-state index contributed by atoms with van der Waals surface area (Å²) in [5, 5.41) is 4.41. The number of nitrogens with two attached hydrogens (primary N) is 1. The second-order valence-corrected chi connectivity index (χ2v) is 4.88. The maximum atomic E-state index is 12.6. The van der Waals surface area contributed by atoms with E-state index in [4.69, 9.17) is 22.1 Å². The van der Waals surface area contributed by atoms with Crippen LogP contribution in [-0.4, -0.2) is 29.3 Å². The lowest BCUT2D eigenvalue weighted by molar-refractivity contribution is 0.102. The number of methoxy groups -OCH3 is 1. The molecule has 0 spiro atoms. The number of nitrogen functional groups attached to an aromatic ring is 1. The number of hydrogen-bond donors (Lipinski definition) is 1. The standard InChI is InChI=1S/C14H16ClN3O2/c1-9-3-4-12(16)10(7-9)14(19)13-11(15)8-17-18(13)5-6-20-2/h3-4,7-8H,5-6,16H2,1-2H3. The average Bonchev–Trinajstić information content (AvgIpc) is 2.79. The van der Waals surface area contributed by atoms with Gasteiger partial charge in [-0.05, 0) is 19.1 Å². The van der Waals surface area contributed by atoms with Crippen LogP contribution in [0.1, 0.15) is 21.6 Å². The zero-order valence-corrected chi connectivity index (χ0v) is 12.1. The summed E-state index contributed by atoms with van der Waals surface area (Å²) in [6.45, 7) is 2.80. The highest BCUT2D eigenvalue weighted by Gasteiger charge is 2.21. The van der Waals surface area contributed by atoms with Crippen molar-refractivity contribution < 1.29 is 9.53 Å². The molecule has 2 N–H and O–H groups in total. The Morgan fingerprint density at radius 2 is 2.25 bits per heavy atom. The number of aryl methyl sites for hydroxylation is 1. The average molecular weight is 294 g/mol. The van der Waals surface area contributed by atoms with Gasteiger partial charge < -0.3 is 10.5 Å². The van der Waals surface area contributed by atoms with Gasteiger partial charge in [-0.3, -0.25) is 9.48 Å². The quantitative estimate of drug-likeness (QED) is 0.678. The maximum Gasteiger partial charge on any atom is 0.214 e. The van der Waals surface area contributed by atoms with Gasteiger partial charge in [-0.15, -0.1) is 0 Å². The van der Waals surface area contributed by atoms with Crippen LogP contribution in [0.3, 0.4) is 0 Å². The van der Waals surface area contributed by atoms with Crippen LogP contribution in [0.15, 0.2) is 24.4 Å². The van der Waals surface area contributed by atoms with Crippen molar-refractivity contribution in [3.8, 4) is 0 Å². The molecule has 0 amide bonds. The lowest BCUT2D eigenvalue weighted by Crippen LogP contribution is -2.16. The maximum absolute atomic E-state index is 12.6. The first-order valence-corrected chi connectivity index (χ1v) is 6.53. The number of hydrogen-bond acceptors (Lipinski definition) is 4. The van der Waals surface area contributed by atoms with Crippen LogP contribution >= 0.6 is 11.6 Å². The first kappa shape index (κ1) is 14.6. The molecule has 0 bridgehead atoms. The highest BCUT2D eigenvalue weighted by molar-refractivity contribution is 6.34. The number of anilines is 1. The number of nitrogens with zero attached hydrogens (tertiary/aromatic N) is 2. The Bertz CT molecular complexity index is 637. The van der Waals surface area contributed by atoms with Gasteiger partial charge in [0.05, 0.1) is 24.4 Å². The van der Waals surface area contributed by atoms with Crippen molar-refractivity contribution >= 4 is 23.1 Å². The molecule has 0 fully saturated rings. The second kappa shape index (κ2) is 6.07. The number of rotatable bonds is 5. The summed E-state index contributed by atoms with van der Waals surface area (Å²) in [6.07, 6.45) is 1.45. The van der Waals surface area contributed by atoms with E-state index in [0.29, 0.717) is 35.1 Å². The van der Waals surface area contributed by atoms with Crippen molar-refractivity contribution in [2.75, 3.05) is 19.5 Å². The molecule has 6 heteroatoms. The van der Waals surface area contributed by atoms with E-state index in [1.165, 1.54) is 10.9 Å². The fourth-order valence-electron chi connectivity index (χ4n) is 1.93. The van der Waals surface area contributed by atoms with E-state index in [1.54, 1.807) is 19.2 Å². The molecule has 2 aromatic rings. The summed E-state index contributed by atoms with van der Waals surface area (Å²) in [7, 11) is 1.59. The first-order valence-electron chi connectivity index (χ1n) is 6.15.